The van der Waals surface area contributed by atoms with Gasteiger partial charge in [-0.05, 0) is 37.1 Å². The van der Waals surface area contributed by atoms with E-state index in [9.17, 15) is 9.59 Å². The molecule has 0 aliphatic rings. The first-order valence-electron chi connectivity index (χ1n) is 6.92. The van der Waals surface area contributed by atoms with Gasteiger partial charge in [0.05, 0.1) is 6.42 Å². The Hall–Kier alpha value is -1.88. The Balaban J connectivity index is 2.36. The second-order valence-corrected chi connectivity index (χ2v) is 4.77. The van der Waals surface area contributed by atoms with Crippen LogP contribution < -0.4 is 11.1 Å². The zero-order valence-corrected chi connectivity index (χ0v) is 11.6. The van der Waals surface area contributed by atoms with Crippen LogP contribution in [0.4, 0.5) is 5.69 Å². The van der Waals surface area contributed by atoms with Gasteiger partial charge in [-0.15, -0.1) is 0 Å². The number of amides is 1. The van der Waals surface area contributed by atoms with Crippen LogP contribution in [0.2, 0.25) is 0 Å². The maximum Gasteiger partial charge on any atom is 0.307 e. The van der Waals surface area contributed by atoms with Crippen LogP contribution in [0.15, 0.2) is 24.3 Å². The molecule has 0 saturated heterocycles. The molecule has 0 aliphatic heterocycles. The molecule has 5 nitrogen and oxygen atoms in total. The number of carbonyl (C=O) groups excluding carboxylic acids is 1. The van der Waals surface area contributed by atoms with Crippen LogP contribution in [0.3, 0.4) is 0 Å². The molecule has 0 saturated carbocycles. The molecule has 1 aromatic carbocycles. The monoisotopic (exact) mass is 278 g/mol. The minimum atomic E-state index is -0.881. The maximum absolute atomic E-state index is 11.7. The number of benzene rings is 1. The Kier molecular flexibility index (Phi) is 7.35. The molecule has 0 bridgehead atoms. The number of anilines is 1. The Labute approximate surface area is 119 Å². The third-order valence-corrected chi connectivity index (χ3v) is 2.92. The molecule has 0 aliphatic carbocycles. The average Bonchev–Trinajstić information content (AvgIpc) is 2.38. The minimum Gasteiger partial charge on any atom is -0.481 e. The van der Waals surface area contributed by atoms with E-state index in [1.165, 1.54) is 0 Å². The third kappa shape index (κ3) is 6.89. The van der Waals surface area contributed by atoms with Crippen molar-refractivity contribution in [1.82, 2.24) is 0 Å². The topological polar surface area (TPSA) is 92.4 Å². The van der Waals surface area contributed by atoms with E-state index in [4.69, 9.17) is 10.8 Å². The minimum absolute atomic E-state index is 0.0368. The first-order valence-corrected chi connectivity index (χ1v) is 6.92. The lowest BCUT2D eigenvalue weighted by Crippen LogP contribution is -2.11. The molecule has 110 valence electrons. The Morgan fingerprint density at radius 1 is 1.15 bits per heavy atom. The molecule has 0 spiro atoms. The van der Waals surface area contributed by atoms with E-state index in [1.54, 1.807) is 24.3 Å². The van der Waals surface area contributed by atoms with Gasteiger partial charge < -0.3 is 16.2 Å². The van der Waals surface area contributed by atoms with Crippen molar-refractivity contribution in [2.45, 2.75) is 38.5 Å². The van der Waals surface area contributed by atoms with Gasteiger partial charge >= 0.3 is 5.97 Å². The lowest BCUT2D eigenvalue weighted by atomic mass is 10.1. The lowest BCUT2D eigenvalue weighted by Gasteiger charge is -2.06. The highest BCUT2D eigenvalue weighted by atomic mass is 16.4. The first-order chi connectivity index (χ1) is 9.61. The largest absolute Gasteiger partial charge is 0.481 e. The van der Waals surface area contributed by atoms with Crippen LogP contribution in [0, 0.1) is 0 Å². The number of carboxylic acid groups (broad SMARTS) is 1. The number of hydrogen-bond acceptors (Lipinski definition) is 3. The van der Waals surface area contributed by atoms with Crippen LogP contribution >= 0.6 is 0 Å². The van der Waals surface area contributed by atoms with E-state index in [1.807, 2.05) is 0 Å². The average molecular weight is 278 g/mol. The fourth-order valence-electron chi connectivity index (χ4n) is 1.94. The van der Waals surface area contributed by atoms with Crippen molar-refractivity contribution in [1.29, 1.82) is 0 Å². The summed E-state index contributed by atoms with van der Waals surface area (Å²) in [5.41, 5.74) is 6.73. The van der Waals surface area contributed by atoms with Gasteiger partial charge in [0.15, 0.2) is 0 Å². The molecule has 0 aromatic heterocycles. The van der Waals surface area contributed by atoms with E-state index < -0.39 is 5.97 Å². The molecule has 5 heteroatoms. The predicted molar refractivity (Wildman–Crippen MR) is 78.6 cm³/mol. The zero-order chi connectivity index (χ0) is 14.8. The van der Waals surface area contributed by atoms with E-state index in [0.717, 1.165) is 25.7 Å². The highest BCUT2D eigenvalue weighted by Crippen LogP contribution is 2.12. The number of aliphatic carboxylic acids is 1. The third-order valence-electron chi connectivity index (χ3n) is 2.92. The number of carbonyl (C=O) groups is 2. The van der Waals surface area contributed by atoms with Gasteiger partial charge in [0, 0.05) is 12.1 Å². The summed E-state index contributed by atoms with van der Waals surface area (Å²) in [6.07, 6.45) is 4.34. The van der Waals surface area contributed by atoms with Crippen molar-refractivity contribution in [2.75, 3.05) is 11.9 Å². The number of unbranched alkanes of at least 4 members (excludes halogenated alkanes) is 3. The summed E-state index contributed by atoms with van der Waals surface area (Å²) in [4.78, 5) is 22.4. The Morgan fingerprint density at radius 3 is 2.60 bits per heavy atom. The summed E-state index contributed by atoms with van der Waals surface area (Å²) in [5, 5.41) is 11.5. The highest BCUT2D eigenvalue weighted by Gasteiger charge is 2.05. The number of rotatable bonds is 9. The number of nitrogens with one attached hydrogen (secondary N) is 1. The normalized spacial score (nSPS) is 10.2. The van der Waals surface area contributed by atoms with Gasteiger partial charge in [-0.1, -0.05) is 25.0 Å². The molecular weight excluding hydrogens is 256 g/mol. The van der Waals surface area contributed by atoms with E-state index in [2.05, 4.69) is 5.32 Å². The zero-order valence-electron chi connectivity index (χ0n) is 11.6. The van der Waals surface area contributed by atoms with E-state index in [-0.39, 0.29) is 12.3 Å². The molecule has 0 atom stereocenters. The number of nitrogens with two attached hydrogens (primary N) is 1. The number of carboxylic acids is 1. The summed E-state index contributed by atoms with van der Waals surface area (Å²) < 4.78 is 0. The van der Waals surface area contributed by atoms with Crippen LogP contribution in [0.25, 0.3) is 0 Å². The summed E-state index contributed by atoms with van der Waals surface area (Å²) in [6, 6.07) is 6.93. The molecule has 0 radical (unpaired) electrons. The van der Waals surface area contributed by atoms with Crippen molar-refractivity contribution in [2.24, 2.45) is 5.73 Å². The van der Waals surface area contributed by atoms with Gasteiger partial charge in [-0.3, -0.25) is 9.59 Å². The molecule has 0 heterocycles. The van der Waals surface area contributed by atoms with Crippen LogP contribution in [0.5, 0.6) is 0 Å². The standard InChI is InChI=1S/C15H22N2O3/c16-9-4-2-1-3-8-14(18)17-13-7-5-6-12(10-13)11-15(19)20/h5-7,10H,1-4,8-9,11,16H2,(H,17,18)(H,19,20). The lowest BCUT2D eigenvalue weighted by molar-refractivity contribution is -0.136. The molecule has 1 amide bonds. The second-order valence-electron chi connectivity index (χ2n) is 4.77. The van der Waals surface area contributed by atoms with Gasteiger partial charge in [0.25, 0.3) is 0 Å². The molecule has 1 aromatic rings. The van der Waals surface area contributed by atoms with Crippen molar-refractivity contribution in [3.05, 3.63) is 29.8 Å². The molecular formula is C15H22N2O3. The Morgan fingerprint density at radius 2 is 1.90 bits per heavy atom. The molecule has 0 fully saturated rings. The van der Waals surface area contributed by atoms with E-state index >= 15 is 0 Å². The molecule has 1 rings (SSSR count). The van der Waals surface area contributed by atoms with Crippen LogP contribution in [-0.2, 0) is 16.0 Å². The van der Waals surface area contributed by atoms with Gasteiger partial charge in [-0.25, -0.2) is 0 Å². The summed E-state index contributed by atoms with van der Waals surface area (Å²) in [5.74, 6) is -0.918. The van der Waals surface area contributed by atoms with E-state index in [0.29, 0.717) is 24.2 Å². The molecule has 4 N–H and O–H groups in total. The van der Waals surface area contributed by atoms with Crippen molar-refractivity contribution < 1.29 is 14.7 Å². The van der Waals surface area contributed by atoms with Crippen molar-refractivity contribution in [3.63, 3.8) is 0 Å². The fraction of sp³-hybridized carbons (Fsp3) is 0.467. The van der Waals surface area contributed by atoms with Gasteiger partial charge in [-0.2, -0.15) is 0 Å². The second kappa shape index (κ2) is 9.09. The first kappa shape index (κ1) is 16.2. The summed E-state index contributed by atoms with van der Waals surface area (Å²) in [6.45, 7) is 0.697. The van der Waals surface area contributed by atoms with Crippen LogP contribution in [0.1, 0.15) is 37.7 Å². The van der Waals surface area contributed by atoms with Gasteiger partial charge in [0.2, 0.25) is 5.91 Å². The smallest absolute Gasteiger partial charge is 0.307 e. The number of hydrogen-bond donors (Lipinski definition) is 3. The fourth-order valence-corrected chi connectivity index (χ4v) is 1.94. The van der Waals surface area contributed by atoms with Crippen molar-refractivity contribution >= 4 is 17.6 Å². The Bertz CT molecular complexity index is 446. The summed E-state index contributed by atoms with van der Waals surface area (Å²) >= 11 is 0. The SMILES string of the molecule is NCCCCCCC(=O)Nc1cccc(CC(=O)O)c1. The highest BCUT2D eigenvalue weighted by molar-refractivity contribution is 5.90. The quantitative estimate of drug-likeness (QED) is 0.603. The predicted octanol–water partition coefficient (Wildman–Crippen LogP) is 2.16. The maximum atomic E-state index is 11.7. The molecule has 0 unspecified atom stereocenters. The van der Waals surface area contributed by atoms with Gasteiger partial charge in [0.1, 0.15) is 0 Å². The van der Waals surface area contributed by atoms with Crippen LogP contribution in [-0.4, -0.2) is 23.5 Å². The summed E-state index contributed by atoms with van der Waals surface area (Å²) in [7, 11) is 0. The van der Waals surface area contributed by atoms with Crippen molar-refractivity contribution in [3.8, 4) is 0 Å². The molecule has 20 heavy (non-hydrogen) atoms.